The van der Waals surface area contributed by atoms with Gasteiger partial charge in [-0.1, -0.05) is 5.21 Å². The maximum atomic E-state index is 11.5. The molecule has 0 aliphatic carbocycles. The van der Waals surface area contributed by atoms with Crippen LogP contribution in [0.25, 0.3) is 5.69 Å². The van der Waals surface area contributed by atoms with E-state index in [-0.39, 0.29) is 5.69 Å². The molecule has 0 saturated heterocycles. The van der Waals surface area contributed by atoms with Crippen molar-refractivity contribution >= 4 is 5.69 Å². The van der Waals surface area contributed by atoms with Crippen LogP contribution in [0.5, 0.6) is 0 Å². The number of aromatic amines is 1. The van der Waals surface area contributed by atoms with Crippen molar-refractivity contribution in [2.24, 2.45) is 7.05 Å². The van der Waals surface area contributed by atoms with Gasteiger partial charge in [-0.05, 0) is 24.3 Å². The molecule has 0 aliphatic heterocycles. The fourth-order valence-corrected chi connectivity index (χ4v) is 1.93. The summed E-state index contributed by atoms with van der Waals surface area (Å²) in [7, 11) is 1.85. The zero-order chi connectivity index (χ0) is 13.9. The lowest BCUT2D eigenvalue weighted by atomic mass is 10.2. The number of aromatic nitrogens is 5. The molecule has 3 rings (SSSR count). The summed E-state index contributed by atoms with van der Waals surface area (Å²) in [5, 5.41) is 11.0. The highest BCUT2D eigenvalue weighted by atomic mass is 16.1. The average Bonchev–Trinajstić information content (AvgIpc) is 3.06. The Bertz CT molecular complexity index is 752. The van der Waals surface area contributed by atoms with Crippen LogP contribution in [0.4, 0.5) is 5.69 Å². The van der Waals surface area contributed by atoms with E-state index in [0.29, 0.717) is 6.54 Å². The monoisotopic (exact) mass is 270 g/mol. The van der Waals surface area contributed by atoms with Gasteiger partial charge in [-0.15, -0.1) is 5.10 Å². The first-order valence-corrected chi connectivity index (χ1v) is 6.18. The molecule has 0 spiro atoms. The predicted octanol–water partition coefficient (Wildman–Crippen LogP) is 0.906. The van der Waals surface area contributed by atoms with Crippen LogP contribution in [0.2, 0.25) is 0 Å². The van der Waals surface area contributed by atoms with Crippen LogP contribution in [-0.4, -0.2) is 24.5 Å². The van der Waals surface area contributed by atoms with Gasteiger partial charge in [0.25, 0.3) is 0 Å². The summed E-state index contributed by atoms with van der Waals surface area (Å²) in [5.74, 6) is 0. The molecule has 0 unspecified atom stereocenters. The molecule has 0 bridgehead atoms. The van der Waals surface area contributed by atoms with E-state index in [9.17, 15) is 4.79 Å². The normalized spacial score (nSPS) is 10.7. The van der Waals surface area contributed by atoms with Gasteiger partial charge in [-0.25, -0.2) is 4.79 Å². The Morgan fingerprint density at radius 2 is 2.10 bits per heavy atom. The minimum atomic E-state index is -0.147. The molecule has 102 valence electrons. The topological polar surface area (TPSA) is 80.5 Å². The molecule has 3 aromatic rings. The Hall–Kier alpha value is -2.83. The van der Waals surface area contributed by atoms with Crippen LogP contribution in [0.15, 0.2) is 47.7 Å². The van der Waals surface area contributed by atoms with E-state index in [1.165, 1.54) is 0 Å². The summed E-state index contributed by atoms with van der Waals surface area (Å²) in [6, 6.07) is 7.63. The number of rotatable bonds is 4. The SMILES string of the molecule is Cn1nncc1CNc1ccc(-n2cc[nH]c2=O)cc1. The lowest BCUT2D eigenvalue weighted by molar-refractivity contribution is 0.683. The molecule has 0 aliphatic rings. The van der Waals surface area contributed by atoms with E-state index in [4.69, 9.17) is 0 Å². The standard InChI is InChI=1S/C13H14N6O/c1-18-12(9-16-17-18)8-15-10-2-4-11(5-3-10)19-7-6-14-13(19)20/h2-7,9,15H,8H2,1H3,(H,14,20). The summed E-state index contributed by atoms with van der Waals surface area (Å²) in [6.45, 7) is 0.646. The Labute approximate surface area is 114 Å². The summed E-state index contributed by atoms with van der Waals surface area (Å²) < 4.78 is 3.27. The summed E-state index contributed by atoms with van der Waals surface area (Å²) >= 11 is 0. The lowest BCUT2D eigenvalue weighted by Crippen LogP contribution is -2.13. The number of imidazole rings is 1. The molecule has 1 aromatic carbocycles. The minimum Gasteiger partial charge on any atom is -0.379 e. The molecule has 7 nitrogen and oxygen atoms in total. The number of hydrogen-bond donors (Lipinski definition) is 2. The number of nitrogens with one attached hydrogen (secondary N) is 2. The number of aryl methyl sites for hydroxylation is 1. The van der Waals surface area contributed by atoms with Gasteiger partial charge in [-0.2, -0.15) is 0 Å². The molecule has 0 amide bonds. The summed E-state index contributed by atoms with van der Waals surface area (Å²) in [4.78, 5) is 14.1. The van der Waals surface area contributed by atoms with Crippen molar-refractivity contribution in [1.82, 2.24) is 24.5 Å². The van der Waals surface area contributed by atoms with Crippen LogP contribution in [-0.2, 0) is 13.6 Å². The third kappa shape index (κ3) is 2.33. The molecule has 2 N–H and O–H groups in total. The number of hydrogen-bond acceptors (Lipinski definition) is 4. The molecule has 0 saturated carbocycles. The number of nitrogens with zero attached hydrogens (tertiary/aromatic N) is 4. The third-order valence-electron chi connectivity index (χ3n) is 3.08. The van der Waals surface area contributed by atoms with Crippen LogP contribution < -0.4 is 11.0 Å². The Kier molecular flexibility index (Phi) is 3.08. The minimum absolute atomic E-state index is 0.147. The van der Waals surface area contributed by atoms with Gasteiger partial charge in [0, 0.05) is 25.1 Å². The maximum absolute atomic E-state index is 11.5. The number of anilines is 1. The Morgan fingerprint density at radius 3 is 2.70 bits per heavy atom. The maximum Gasteiger partial charge on any atom is 0.330 e. The van der Waals surface area contributed by atoms with Crippen molar-refractivity contribution in [3.63, 3.8) is 0 Å². The highest BCUT2D eigenvalue weighted by Gasteiger charge is 2.02. The van der Waals surface area contributed by atoms with Gasteiger partial charge in [0.15, 0.2) is 0 Å². The van der Waals surface area contributed by atoms with Gasteiger partial charge >= 0.3 is 5.69 Å². The smallest absolute Gasteiger partial charge is 0.330 e. The van der Waals surface area contributed by atoms with E-state index in [0.717, 1.165) is 17.1 Å². The van der Waals surface area contributed by atoms with Crippen molar-refractivity contribution in [2.75, 3.05) is 5.32 Å². The van der Waals surface area contributed by atoms with Crippen molar-refractivity contribution in [3.8, 4) is 5.69 Å². The first-order chi connectivity index (χ1) is 9.74. The van der Waals surface area contributed by atoms with Crippen LogP contribution in [0.1, 0.15) is 5.69 Å². The van der Waals surface area contributed by atoms with Gasteiger partial charge in [-0.3, -0.25) is 9.25 Å². The largest absolute Gasteiger partial charge is 0.379 e. The molecular formula is C13H14N6O. The Balaban J connectivity index is 1.72. The van der Waals surface area contributed by atoms with Crippen LogP contribution in [0.3, 0.4) is 0 Å². The summed E-state index contributed by atoms with van der Waals surface area (Å²) in [5.41, 5.74) is 2.64. The van der Waals surface area contributed by atoms with E-state index < -0.39 is 0 Å². The number of benzene rings is 1. The zero-order valence-electron chi connectivity index (χ0n) is 10.9. The molecule has 2 aromatic heterocycles. The van der Waals surface area contributed by atoms with Crippen molar-refractivity contribution < 1.29 is 0 Å². The molecule has 20 heavy (non-hydrogen) atoms. The van der Waals surface area contributed by atoms with Gasteiger partial charge < -0.3 is 10.3 Å². The van der Waals surface area contributed by atoms with Crippen LogP contribution in [0, 0.1) is 0 Å². The first kappa shape index (κ1) is 12.2. The van der Waals surface area contributed by atoms with Crippen molar-refractivity contribution in [3.05, 3.63) is 59.0 Å². The van der Waals surface area contributed by atoms with Gasteiger partial charge in [0.05, 0.1) is 24.1 Å². The second-order valence-corrected chi connectivity index (χ2v) is 4.38. The third-order valence-corrected chi connectivity index (χ3v) is 3.08. The van der Waals surface area contributed by atoms with Gasteiger partial charge in [0.2, 0.25) is 0 Å². The molecule has 2 heterocycles. The average molecular weight is 270 g/mol. The molecule has 0 radical (unpaired) electrons. The summed E-state index contributed by atoms with van der Waals surface area (Å²) in [6.07, 6.45) is 5.04. The fourth-order valence-electron chi connectivity index (χ4n) is 1.93. The molecule has 7 heteroatoms. The predicted molar refractivity (Wildman–Crippen MR) is 74.7 cm³/mol. The molecule has 0 atom stereocenters. The van der Waals surface area contributed by atoms with E-state index in [1.54, 1.807) is 27.8 Å². The lowest BCUT2D eigenvalue weighted by Gasteiger charge is -2.07. The second kappa shape index (κ2) is 5.04. The van der Waals surface area contributed by atoms with Crippen molar-refractivity contribution in [2.45, 2.75) is 6.54 Å². The van der Waals surface area contributed by atoms with Gasteiger partial charge in [0.1, 0.15) is 0 Å². The molecular weight excluding hydrogens is 256 g/mol. The molecule has 0 fully saturated rings. The highest BCUT2D eigenvalue weighted by Crippen LogP contribution is 2.12. The Morgan fingerprint density at radius 1 is 1.30 bits per heavy atom. The van der Waals surface area contributed by atoms with E-state index >= 15 is 0 Å². The fraction of sp³-hybridized carbons (Fsp3) is 0.154. The first-order valence-electron chi connectivity index (χ1n) is 6.18. The van der Waals surface area contributed by atoms with Crippen LogP contribution >= 0.6 is 0 Å². The van der Waals surface area contributed by atoms with Crippen molar-refractivity contribution in [1.29, 1.82) is 0 Å². The number of H-pyrrole nitrogens is 1. The van der Waals surface area contributed by atoms with E-state index in [2.05, 4.69) is 20.6 Å². The highest BCUT2D eigenvalue weighted by molar-refractivity contribution is 5.48. The second-order valence-electron chi connectivity index (χ2n) is 4.38. The zero-order valence-corrected chi connectivity index (χ0v) is 10.9. The quantitative estimate of drug-likeness (QED) is 0.738. The van der Waals surface area contributed by atoms with E-state index in [1.807, 2.05) is 31.3 Å².